The number of aromatic nitrogens is 1. The van der Waals surface area contributed by atoms with Gasteiger partial charge in [-0.1, -0.05) is 0 Å². The molecule has 30 heavy (non-hydrogen) atoms. The highest BCUT2D eigenvalue weighted by Crippen LogP contribution is 2.20. The molecule has 0 N–H and O–H groups in total. The van der Waals surface area contributed by atoms with E-state index in [0.717, 1.165) is 0 Å². The highest BCUT2D eigenvalue weighted by Gasteiger charge is 2.35. The molecule has 1 saturated heterocycles. The first kappa shape index (κ1) is 22.2. The fourth-order valence-corrected chi connectivity index (χ4v) is 4.49. The molecule has 1 fully saturated rings. The van der Waals surface area contributed by atoms with Crippen molar-refractivity contribution in [2.45, 2.75) is 17.6 Å². The number of hydrogen-bond acceptors (Lipinski definition) is 6. The van der Waals surface area contributed by atoms with Crippen LogP contribution in [0.15, 0.2) is 52.2 Å². The SMILES string of the molecule is O=C(CN1CCN(S(=O)(=O)c2cccnc2)CC1)N(Cc1ccco1)CC(F)(F)F. The van der Waals surface area contributed by atoms with E-state index < -0.39 is 28.7 Å². The van der Waals surface area contributed by atoms with Gasteiger partial charge in [-0.2, -0.15) is 17.5 Å². The smallest absolute Gasteiger partial charge is 0.406 e. The molecular formula is C18H21F3N4O4S. The van der Waals surface area contributed by atoms with E-state index >= 15 is 0 Å². The first-order valence-corrected chi connectivity index (χ1v) is 10.6. The molecule has 0 atom stereocenters. The summed E-state index contributed by atoms with van der Waals surface area (Å²) in [6.07, 6.45) is -0.487. The van der Waals surface area contributed by atoms with Crippen molar-refractivity contribution in [3.8, 4) is 0 Å². The van der Waals surface area contributed by atoms with E-state index in [1.165, 1.54) is 47.2 Å². The minimum absolute atomic E-state index is 0.0735. The van der Waals surface area contributed by atoms with E-state index in [1.54, 1.807) is 4.90 Å². The molecule has 0 unspecified atom stereocenters. The van der Waals surface area contributed by atoms with Crippen LogP contribution < -0.4 is 0 Å². The number of pyridine rings is 1. The Morgan fingerprint density at radius 3 is 2.47 bits per heavy atom. The Kier molecular flexibility index (Phi) is 6.78. The molecule has 0 bridgehead atoms. The van der Waals surface area contributed by atoms with Gasteiger partial charge in [0.25, 0.3) is 0 Å². The summed E-state index contributed by atoms with van der Waals surface area (Å²) in [5.41, 5.74) is 0. The molecule has 2 aromatic heterocycles. The van der Waals surface area contributed by atoms with E-state index in [1.807, 2.05) is 0 Å². The zero-order chi connectivity index (χ0) is 21.8. The Balaban J connectivity index is 1.59. The Morgan fingerprint density at radius 1 is 1.17 bits per heavy atom. The van der Waals surface area contributed by atoms with Crippen molar-refractivity contribution in [3.63, 3.8) is 0 Å². The van der Waals surface area contributed by atoms with Gasteiger partial charge >= 0.3 is 6.18 Å². The molecule has 1 amide bonds. The third kappa shape index (κ3) is 5.80. The van der Waals surface area contributed by atoms with Crippen LogP contribution in [0.5, 0.6) is 0 Å². The standard InChI is InChI=1S/C18H21F3N4O4S/c19-18(20,21)14-24(12-15-3-2-10-29-15)17(26)13-23-6-8-25(9-7-23)30(27,28)16-4-1-5-22-11-16/h1-5,10-11H,6-9,12-14H2. The Hall–Kier alpha value is -2.44. The first-order valence-electron chi connectivity index (χ1n) is 9.14. The number of amides is 1. The number of hydrogen-bond donors (Lipinski definition) is 0. The number of carbonyl (C=O) groups excluding carboxylic acids is 1. The van der Waals surface area contributed by atoms with Gasteiger partial charge in [-0.25, -0.2) is 8.42 Å². The summed E-state index contributed by atoms with van der Waals surface area (Å²) in [5.74, 6) is -0.452. The van der Waals surface area contributed by atoms with Crippen molar-refractivity contribution < 1.29 is 30.8 Å². The maximum absolute atomic E-state index is 12.9. The normalized spacial score (nSPS) is 16.5. The van der Waals surface area contributed by atoms with Crippen LogP contribution in [-0.4, -0.2) is 78.9 Å². The second-order valence-electron chi connectivity index (χ2n) is 6.81. The van der Waals surface area contributed by atoms with Gasteiger partial charge in [0, 0.05) is 38.6 Å². The zero-order valence-electron chi connectivity index (χ0n) is 16.0. The molecule has 1 aliphatic heterocycles. The van der Waals surface area contributed by atoms with Crippen molar-refractivity contribution in [1.29, 1.82) is 0 Å². The summed E-state index contributed by atoms with van der Waals surface area (Å²) in [5, 5.41) is 0. The lowest BCUT2D eigenvalue weighted by Gasteiger charge is -2.34. The van der Waals surface area contributed by atoms with Crippen molar-refractivity contribution in [3.05, 3.63) is 48.7 Å². The van der Waals surface area contributed by atoms with Gasteiger partial charge in [0.2, 0.25) is 15.9 Å². The Morgan fingerprint density at radius 2 is 1.90 bits per heavy atom. The van der Waals surface area contributed by atoms with Gasteiger partial charge in [-0.15, -0.1) is 0 Å². The van der Waals surface area contributed by atoms with E-state index in [4.69, 9.17) is 4.42 Å². The van der Waals surface area contributed by atoms with Crippen LogP contribution in [0.2, 0.25) is 0 Å². The number of sulfonamides is 1. The Labute approximate surface area is 171 Å². The second kappa shape index (κ2) is 9.14. The van der Waals surface area contributed by atoms with Gasteiger partial charge in [0.1, 0.15) is 17.2 Å². The molecule has 12 heteroatoms. The largest absolute Gasteiger partial charge is 0.467 e. The summed E-state index contributed by atoms with van der Waals surface area (Å²) in [6, 6.07) is 6.00. The van der Waals surface area contributed by atoms with Gasteiger partial charge in [-0.3, -0.25) is 14.7 Å². The fourth-order valence-electron chi connectivity index (χ4n) is 3.11. The monoisotopic (exact) mass is 446 g/mol. The van der Waals surface area contributed by atoms with Crippen LogP contribution in [0.1, 0.15) is 5.76 Å². The maximum atomic E-state index is 12.9. The maximum Gasteiger partial charge on any atom is 0.406 e. The molecule has 3 heterocycles. The minimum atomic E-state index is -4.54. The summed E-state index contributed by atoms with van der Waals surface area (Å²) >= 11 is 0. The molecule has 1 aliphatic rings. The van der Waals surface area contributed by atoms with E-state index in [0.29, 0.717) is 4.90 Å². The van der Waals surface area contributed by atoms with E-state index in [2.05, 4.69) is 4.98 Å². The summed E-state index contributed by atoms with van der Waals surface area (Å²) in [6.45, 7) is -1.21. The molecule has 3 rings (SSSR count). The lowest BCUT2D eigenvalue weighted by molar-refractivity contribution is -0.163. The summed E-state index contributed by atoms with van der Waals surface area (Å²) in [4.78, 5) is 18.7. The third-order valence-electron chi connectivity index (χ3n) is 4.61. The van der Waals surface area contributed by atoms with Crippen molar-refractivity contribution in [1.82, 2.24) is 19.1 Å². The first-order chi connectivity index (χ1) is 14.1. The molecule has 8 nitrogen and oxygen atoms in total. The summed E-state index contributed by atoms with van der Waals surface area (Å²) < 4.78 is 70.3. The highest BCUT2D eigenvalue weighted by molar-refractivity contribution is 7.89. The topological polar surface area (TPSA) is 87.0 Å². The predicted molar refractivity (Wildman–Crippen MR) is 99.6 cm³/mol. The van der Waals surface area contributed by atoms with Crippen molar-refractivity contribution in [2.75, 3.05) is 39.3 Å². The van der Waals surface area contributed by atoms with Crippen molar-refractivity contribution in [2.24, 2.45) is 0 Å². The molecular weight excluding hydrogens is 425 g/mol. The Bertz CT molecular complexity index is 928. The van der Waals surface area contributed by atoms with Crippen LogP contribution in [0.3, 0.4) is 0 Å². The average Bonchev–Trinajstić information content (AvgIpc) is 3.21. The number of rotatable bonds is 7. The third-order valence-corrected chi connectivity index (χ3v) is 6.49. The quantitative estimate of drug-likeness (QED) is 0.642. The van der Waals surface area contributed by atoms with Gasteiger partial charge < -0.3 is 9.32 Å². The molecule has 0 radical (unpaired) electrons. The minimum Gasteiger partial charge on any atom is -0.467 e. The van der Waals surface area contributed by atoms with Crippen LogP contribution in [0, 0.1) is 0 Å². The molecule has 0 spiro atoms. The molecule has 0 aromatic carbocycles. The van der Waals surface area contributed by atoms with Crippen LogP contribution >= 0.6 is 0 Å². The zero-order valence-corrected chi connectivity index (χ0v) is 16.8. The highest BCUT2D eigenvalue weighted by atomic mass is 32.2. The molecule has 0 aliphatic carbocycles. The van der Waals surface area contributed by atoms with Crippen LogP contribution in [-0.2, 0) is 21.4 Å². The van der Waals surface area contributed by atoms with E-state index in [9.17, 15) is 26.4 Å². The van der Waals surface area contributed by atoms with E-state index in [-0.39, 0.29) is 49.9 Å². The number of alkyl halides is 3. The fraction of sp³-hybridized carbons (Fsp3) is 0.444. The number of piperazine rings is 1. The van der Waals surface area contributed by atoms with Gasteiger partial charge in [-0.05, 0) is 24.3 Å². The molecule has 0 saturated carbocycles. The van der Waals surface area contributed by atoms with Crippen molar-refractivity contribution >= 4 is 15.9 Å². The number of nitrogens with zero attached hydrogens (tertiary/aromatic N) is 4. The average molecular weight is 446 g/mol. The predicted octanol–water partition coefficient (Wildman–Crippen LogP) is 1.57. The number of carbonyl (C=O) groups is 1. The van der Waals surface area contributed by atoms with Crippen LogP contribution in [0.4, 0.5) is 13.2 Å². The molecule has 2 aromatic rings. The number of halogens is 3. The van der Waals surface area contributed by atoms with Gasteiger partial charge in [0.15, 0.2) is 0 Å². The van der Waals surface area contributed by atoms with Crippen LogP contribution in [0.25, 0.3) is 0 Å². The summed E-state index contributed by atoms with van der Waals surface area (Å²) in [7, 11) is -3.70. The number of furan rings is 1. The lowest BCUT2D eigenvalue weighted by atomic mass is 10.3. The van der Waals surface area contributed by atoms with Gasteiger partial charge in [0.05, 0.1) is 19.4 Å². The molecule has 164 valence electrons. The lowest BCUT2D eigenvalue weighted by Crippen LogP contribution is -2.52. The second-order valence-corrected chi connectivity index (χ2v) is 8.75.